The predicted octanol–water partition coefficient (Wildman–Crippen LogP) is 0.885. The van der Waals surface area contributed by atoms with E-state index in [0.29, 0.717) is 18.7 Å². The first kappa shape index (κ1) is 12.7. The minimum Gasteiger partial charge on any atom is -0.382 e. The number of aromatic nitrogens is 2. The van der Waals surface area contributed by atoms with Crippen molar-refractivity contribution in [2.75, 3.05) is 19.8 Å². The molecule has 1 aromatic heterocycles. The minimum absolute atomic E-state index is 0.0675. The van der Waals surface area contributed by atoms with Gasteiger partial charge in [0.2, 0.25) is 0 Å². The molecule has 1 amide bonds. The Morgan fingerprint density at radius 1 is 1.62 bits per heavy atom. The molecule has 0 aliphatic heterocycles. The fourth-order valence-corrected chi connectivity index (χ4v) is 1.34. The Morgan fingerprint density at radius 2 is 2.38 bits per heavy atom. The highest BCUT2D eigenvalue weighted by atomic mass is 16.5. The second-order valence-electron chi connectivity index (χ2n) is 3.57. The van der Waals surface area contributed by atoms with Crippen molar-refractivity contribution in [3.63, 3.8) is 0 Å². The second kappa shape index (κ2) is 6.27. The monoisotopic (exact) mass is 225 g/mol. The van der Waals surface area contributed by atoms with Crippen LogP contribution >= 0.6 is 0 Å². The molecule has 0 fully saturated rings. The summed E-state index contributed by atoms with van der Waals surface area (Å²) in [6.45, 7) is 5.87. The number of hydrogen-bond donors (Lipinski definition) is 1. The standard InChI is InChI=1S/C11H19N3O2/c1-4-16-7-5-6-12-11(15)10-8-13-14(3)9(10)2/h8H,4-7H2,1-3H3,(H,12,15). The lowest BCUT2D eigenvalue weighted by Gasteiger charge is -2.04. The van der Waals surface area contributed by atoms with Gasteiger partial charge in [0.05, 0.1) is 11.8 Å². The summed E-state index contributed by atoms with van der Waals surface area (Å²) in [5, 5.41) is 6.87. The number of amides is 1. The molecule has 0 aliphatic rings. The molecule has 90 valence electrons. The summed E-state index contributed by atoms with van der Waals surface area (Å²) >= 11 is 0. The maximum atomic E-state index is 11.7. The van der Waals surface area contributed by atoms with Crippen LogP contribution in [0.5, 0.6) is 0 Å². The third-order valence-electron chi connectivity index (χ3n) is 2.43. The SMILES string of the molecule is CCOCCCNC(=O)c1cnn(C)c1C. The molecule has 16 heavy (non-hydrogen) atoms. The molecule has 1 aromatic rings. The summed E-state index contributed by atoms with van der Waals surface area (Å²) in [5.74, 6) is -0.0675. The second-order valence-corrected chi connectivity index (χ2v) is 3.57. The van der Waals surface area contributed by atoms with Gasteiger partial charge in [-0.05, 0) is 20.3 Å². The molecule has 0 radical (unpaired) electrons. The molecule has 1 rings (SSSR count). The van der Waals surface area contributed by atoms with E-state index < -0.39 is 0 Å². The Labute approximate surface area is 95.8 Å². The van der Waals surface area contributed by atoms with Gasteiger partial charge in [-0.3, -0.25) is 9.48 Å². The molecule has 0 saturated heterocycles. The fraction of sp³-hybridized carbons (Fsp3) is 0.636. The van der Waals surface area contributed by atoms with E-state index in [1.54, 1.807) is 10.9 Å². The van der Waals surface area contributed by atoms with E-state index >= 15 is 0 Å². The Hall–Kier alpha value is -1.36. The van der Waals surface area contributed by atoms with E-state index in [4.69, 9.17) is 4.74 Å². The molecule has 5 heteroatoms. The Kier molecular flexibility index (Phi) is 4.98. The highest BCUT2D eigenvalue weighted by Gasteiger charge is 2.11. The smallest absolute Gasteiger partial charge is 0.254 e. The maximum absolute atomic E-state index is 11.7. The van der Waals surface area contributed by atoms with Gasteiger partial charge in [-0.1, -0.05) is 0 Å². The lowest BCUT2D eigenvalue weighted by Crippen LogP contribution is -2.25. The van der Waals surface area contributed by atoms with Gasteiger partial charge in [-0.15, -0.1) is 0 Å². The highest BCUT2D eigenvalue weighted by Crippen LogP contribution is 2.04. The van der Waals surface area contributed by atoms with Gasteiger partial charge in [0.25, 0.3) is 5.91 Å². The summed E-state index contributed by atoms with van der Waals surface area (Å²) in [5.41, 5.74) is 1.52. The van der Waals surface area contributed by atoms with Crippen LogP contribution in [0, 0.1) is 6.92 Å². The third kappa shape index (κ3) is 3.34. The van der Waals surface area contributed by atoms with Crippen molar-refractivity contribution in [3.8, 4) is 0 Å². The molecule has 0 bridgehead atoms. The largest absolute Gasteiger partial charge is 0.382 e. The third-order valence-corrected chi connectivity index (χ3v) is 2.43. The van der Waals surface area contributed by atoms with Crippen LogP contribution in [-0.4, -0.2) is 35.4 Å². The number of rotatable bonds is 6. The minimum atomic E-state index is -0.0675. The first-order chi connectivity index (χ1) is 7.66. The molecule has 0 atom stereocenters. The van der Waals surface area contributed by atoms with Crippen molar-refractivity contribution in [1.82, 2.24) is 15.1 Å². The van der Waals surface area contributed by atoms with Crippen LogP contribution in [0.2, 0.25) is 0 Å². The predicted molar refractivity (Wildman–Crippen MR) is 61.4 cm³/mol. The lowest BCUT2D eigenvalue weighted by atomic mass is 10.2. The van der Waals surface area contributed by atoms with E-state index in [1.165, 1.54) is 0 Å². The molecule has 0 unspecified atom stereocenters. The quantitative estimate of drug-likeness (QED) is 0.731. The number of carbonyl (C=O) groups is 1. The van der Waals surface area contributed by atoms with Gasteiger partial charge in [0, 0.05) is 32.5 Å². The first-order valence-electron chi connectivity index (χ1n) is 5.51. The number of hydrogen-bond acceptors (Lipinski definition) is 3. The number of ether oxygens (including phenoxy) is 1. The summed E-state index contributed by atoms with van der Waals surface area (Å²) in [6.07, 6.45) is 2.42. The van der Waals surface area contributed by atoms with Crippen molar-refractivity contribution in [2.45, 2.75) is 20.3 Å². The summed E-state index contributed by atoms with van der Waals surface area (Å²) in [6, 6.07) is 0. The Morgan fingerprint density at radius 3 is 2.94 bits per heavy atom. The molecule has 0 spiro atoms. The topological polar surface area (TPSA) is 56.1 Å². The van der Waals surface area contributed by atoms with Gasteiger partial charge in [0.1, 0.15) is 0 Å². The van der Waals surface area contributed by atoms with Gasteiger partial charge >= 0.3 is 0 Å². The van der Waals surface area contributed by atoms with Crippen LogP contribution < -0.4 is 5.32 Å². The zero-order valence-corrected chi connectivity index (χ0v) is 10.1. The van der Waals surface area contributed by atoms with Gasteiger partial charge in [-0.25, -0.2) is 0 Å². The maximum Gasteiger partial charge on any atom is 0.254 e. The number of nitrogens with zero attached hydrogens (tertiary/aromatic N) is 2. The normalized spacial score (nSPS) is 10.4. The molecular formula is C11H19N3O2. The summed E-state index contributed by atoms with van der Waals surface area (Å²) in [7, 11) is 1.82. The van der Waals surface area contributed by atoms with Crippen LogP contribution in [0.1, 0.15) is 29.4 Å². The molecular weight excluding hydrogens is 206 g/mol. The van der Waals surface area contributed by atoms with Crippen LogP contribution in [0.4, 0.5) is 0 Å². The molecule has 0 saturated carbocycles. The molecule has 1 heterocycles. The fourth-order valence-electron chi connectivity index (χ4n) is 1.34. The Balaban J connectivity index is 2.33. The van der Waals surface area contributed by atoms with Crippen LogP contribution in [0.25, 0.3) is 0 Å². The van der Waals surface area contributed by atoms with Crippen molar-refractivity contribution in [3.05, 3.63) is 17.5 Å². The molecule has 0 aliphatic carbocycles. The van der Waals surface area contributed by atoms with Gasteiger partial charge in [-0.2, -0.15) is 5.10 Å². The molecule has 0 aromatic carbocycles. The molecule has 5 nitrogen and oxygen atoms in total. The zero-order chi connectivity index (χ0) is 12.0. The van der Waals surface area contributed by atoms with Crippen LogP contribution in [0.3, 0.4) is 0 Å². The number of carbonyl (C=O) groups excluding carboxylic acids is 1. The first-order valence-corrected chi connectivity index (χ1v) is 5.51. The highest BCUT2D eigenvalue weighted by molar-refractivity contribution is 5.94. The van der Waals surface area contributed by atoms with Gasteiger partial charge < -0.3 is 10.1 Å². The van der Waals surface area contributed by atoms with Crippen LogP contribution in [-0.2, 0) is 11.8 Å². The van der Waals surface area contributed by atoms with Crippen molar-refractivity contribution < 1.29 is 9.53 Å². The molecule has 1 N–H and O–H groups in total. The average molecular weight is 225 g/mol. The van der Waals surface area contributed by atoms with Gasteiger partial charge in [0.15, 0.2) is 0 Å². The summed E-state index contributed by atoms with van der Waals surface area (Å²) in [4.78, 5) is 11.7. The van der Waals surface area contributed by atoms with Crippen LogP contribution in [0.15, 0.2) is 6.20 Å². The lowest BCUT2D eigenvalue weighted by molar-refractivity contribution is 0.0943. The Bertz CT molecular complexity index is 347. The van der Waals surface area contributed by atoms with Crippen molar-refractivity contribution in [2.24, 2.45) is 7.05 Å². The van der Waals surface area contributed by atoms with E-state index in [9.17, 15) is 4.79 Å². The number of nitrogens with one attached hydrogen (secondary N) is 1. The number of aryl methyl sites for hydroxylation is 1. The summed E-state index contributed by atoms with van der Waals surface area (Å²) < 4.78 is 6.87. The average Bonchev–Trinajstić information content (AvgIpc) is 2.59. The van der Waals surface area contributed by atoms with Crippen molar-refractivity contribution >= 4 is 5.91 Å². The van der Waals surface area contributed by atoms with E-state index in [1.807, 2.05) is 20.9 Å². The van der Waals surface area contributed by atoms with Crippen molar-refractivity contribution in [1.29, 1.82) is 0 Å². The zero-order valence-electron chi connectivity index (χ0n) is 10.1. The van der Waals surface area contributed by atoms with E-state index in [-0.39, 0.29) is 5.91 Å². The van der Waals surface area contributed by atoms with E-state index in [0.717, 1.165) is 18.7 Å². The van der Waals surface area contributed by atoms with E-state index in [2.05, 4.69) is 10.4 Å².